The number of amides is 1. The lowest BCUT2D eigenvalue weighted by molar-refractivity contribution is -0.120. The van der Waals surface area contributed by atoms with E-state index in [0.717, 1.165) is 22.8 Å². The van der Waals surface area contributed by atoms with Crippen molar-refractivity contribution >= 4 is 23.2 Å². The molecule has 0 aliphatic rings. The molecule has 5 heteroatoms. The number of nitrogens with one attached hydrogen (secondary N) is 2. The van der Waals surface area contributed by atoms with E-state index >= 15 is 0 Å². The minimum atomic E-state index is 0.0419. The molecule has 1 amide bonds. The molecule has 0 bridgehead atoms. The second-order valence-corrected chi connectivity index (χ2v) is 6.66. The Morgan fingerprint density at radius 2 is 2.00 bits per heavy atom. The van der Waals surface area contributed by atoms with Crippen LogP contribution >= 0.6 is 11.6 Å². The predicted molar refractivity (Wildman–Crippen MR) is 90.0 cm³/mol. The third kappa shape index (κ3) is 6.36. The fourth-order valence-corrected chi connectivity index (χ4v) is 2.14. The molecule has 0 aliphatic heterocycles. The SMILES string of the molecule is CNC(=O)CCN(C)c1ccc(Cl)cc1CNC(C)(C)C. The molecule has 0 aliphatic carbocycles. The molecule has 0 saturated heterocycles. The fraction of sp³-hybridized carbons (Fsp3) is 0.562. The van der Waals surface area contributed by atoms with Gasteiger partial charge >= 0.3 is 0 Å². The highest BCUT2D eigenvalue weighted by atomic mass is 35.5. The highest BCUT2D eigenvalue weighted by Crippen LogP contribution is 2.24. The summed E-state index contributed by atoms with van der Waals surface area (Å²) in [6.07, 6.45) is 0.474. The highest BCUT2D eigenvalue weighted by molar-refractivity contribution is 6.30. The molecule has 0 heterocycles. The molecule has 2 N–H and O–H groups in total. The number of nitrogens with zero attached hydrogens (tertiary/aromatic N) is 1. The van der Waals surface area contributed by atoms with E-state index in [1.807, 2.05) is 25.2 Å². The van der Waals surface area contributed by atoms with Crippen LogP contribution in [0.2, 0.25) is 5.02 Å². The van der Waals surface area contributed by atoms with Crippen molar-refractivity contribution in [3.63, 3.8) is 0 Å². The van der Waals surface area contributed by atoms with Gasteiger partial charge in [-0.15, -0.1) is 0 Å². The molecule has 0 aromatic heterocycles. The molecule has 1 rings (SSSR count). The maximum absolute atomic E-state index is 11.4. The lowest BCUT2D eigenvalue weighted by Crippen LogP contribution is -2.35. The fourth-order valence-electron chi connectivity index (χ4n) is 1.94. The molecule has 0 spiro atoms. The van der Waals surface area contributed by atoms with Gasteiger partial charge in [0.2, 0.25) is 5.91 Å². The molecule has 1 aromatic carbocycles. The molecule has 1 aromatic rings. The van der Waals surface area contributed by atoms with Crippen molar-refractivity contribution < 1.29 is 4.79 Å². The summed E-state index contributed by atoms with van der Waals surface area (Å²) in [6.45, 7) is 7.80. The summed E-state index contributed by atoms with van der Waals surface area (Å²) in [5.41, 5.74) is 2.28. The molecule has 0 unspecified atom stereocenters. The first-order valence-corrected chi connectivity index (χ1v) is 7.56. The van der Waals surface area contributed by atoms with Gasteiger partial charge in [0.1, 0.15) is 0 Å². The van der Waals surface area contributed by atoms with Crippen LogP contribution in [-0.2, 0) is 11.3 Å². The van der Waals surface area contributed by atoms with Crippen molar-refractivity contribution in [3.05, 3.63) is 28.8 Å². The highest BCUT2D eigenvalue weighted by Gasteiger charge is 2.13. The van der Waals surface area contributed by atoms with Crippen LogP contribution in [-0.4, -0.2) is 32.1 Å². The molecule has 0 saturated carbocycles. The minimum absolute atomic E-state index is 0.0419. The molecular formula is C16H26ClN3O. The molecule has 0 radical (unpaired) electrons. The summed E-state index contributed by atoms with van der Waals surface area (Å²) < 4.78 is 0. The smallest absolute Gasteiger partial charge is 0.221 e. The number of carbonyl (C=O) groups excluding carboxylic acids is 1. The quantitative estimate of drug-likeness (QED) is 0.849. The van der Waals surface area contributed by atoms with Crippen LogP contribution in [0.1, 0.15) is 32.8 Å². The van der Waals surface area contributed by atoms with Crippen molar-refractivity contribution in [1.29, 1.82) is 0 Å². The van der Waals surface area contributed by atoms with E-state index in [0.29, 0.717) is 13.0 Å². The van der Waals surface area contributed by atoms with Crippen LogP contribution in [0.4, 0.5) is 5.69 Å². The Bertz CT molecular complexity index is 483. The van der Waals surface area contributed by atoms with E-state index in [1.54, 1.807) is 7.05 Å². The largest absolute Gasteiger partial charge is 0.374 e. The number of hydrogen-bond acceptors (Lipinski definition) is 3. The summed E-state index contributed by atoms with van der Waals surface area (Å²) in [7, 11) is 3.65. The van der Waals surface area contributed by atoms with Crippen molar-refractivity contribution in [2.24, 2.45) is 0 Å². The van der Waals surface area contributed by atoms with E-state index in [1.165, 1.54) is 0 Å². The Morgan fingerprint density at radius 1 is 1.33 bits per heavy atom. The summed E-state index contributed by atoms with van der Waals surface area (Å²) >= 11 is 6.11. The Morgan fingerprint density at radius 3 is 2.57 bits per heavy atom. The Kier molecular flexibility index (Phi) is 6.49. The summed E-state index contributed by atoms with van der Waals surface area (Å²) in [4.78, 5) is 13.5. The van der Waals surface area contributed by atoms with Crippen molar-refractivity contribution in [1.82, 2.24) is 10.6 Å². The number of anilines is 1. The zero-order valence-electron chi connectivity index (χ0n) is 13.6. The second kappa shape index (κ2) is 7.66. The van der Waals surface area contributed by atoms with E-state index in [4.69, 9.17) is 11.6 Å². The lowest BCUT2D eigenvalue weighted by Gasteiger charge is -2.25. The standard InChI is InChI=1S/C16H26ClN3O/c1-16(2,3)19-11-12-10-13(17)6-7-14(12)20(5)9-8-15(21)18-4/h6-7,10,19H,8-9,11H2,1-5H3,(H,18,21). The maximum Gasteiger partial charge on any atom is 0.221 e. The van der Waals surface area contributed by atoms with Gasteiger partial charge < -0.3 is 15.5 Å². The number of rotatable bonds is 6. The Labute approximate surface area is 132 Å². The van der Waals surface area contributed by atoms with Gasteiger partial charge in [-0.1, -0.05) is 11.6 Å². The van der Waals surface area contributed by atoms with Crippen LogP contribution in [0, 0.1) is 0 Å². The van der Waals surface area contributed by atoms with Gasteiger partial charge in [-0.2, -0.15) is 0 Å². The van der Waals surface area contributed by atoms with Gasteiger partial charge in [-0.25, -0.2) is 0 Å². The monoisotopic (exact) mass is 311 g/mol. The van der Waals surface area contributed by atoms with Crippen LogP contribution in [0.25, 0.3) is 0 Å². The molecule has 21 heavy (non-hydrogen) atoms. The third-order valence-electron chi connectivity index (χ3n) is 3.22. The molecule has 118 valence electrons. The Hall–Kier alpha value is -1.26. The zero-order valence-corrected chi connectivity index (χ0v) is 14.3. The number of carbonyl (C=O) groups is 1. The van der Waals surface area contributed by atoms with Crippen LogP contribution in [0.3, 0.4) is 0 Å². The van der Waals surface area contributed by atoms with E-state index < -0.39 is 0 Å². The first kappa shape index (κ1) is 17.8. The van der Waals surface area contributed by atoms with Crippen molar-refractivity contribution in [2.45, 2.75) is 39.3 Å². The molecular weight excluding hydrogens is 286 g/mol. The topological polar surface area (TPSA) is 44.4 Å². The first-order valence-electron chi connectivity index (χ1n) is 7.18. The van der Waals surface area contributed by atoms with E-state index in [2.05, 4.69) is 36.3 Å². The summed E-state index contributed by atoms with van der Waals surface area (Å²) in [5.74, 6) is 0.0465. The summed E-state index contributed by atoms with van der Waals surface area (Å²) in [6, 6.07) is 5.87. The zero-order chi connectivity index (χ0) is 16.0. The van der Waals surface area contributed by atoms with E-state index in [9.17, 15) is 4.79 Å². The van der Waals surface area contributed by atoms with Crippen molar-refractivity contribution in [3.8, 4) is 0 Å². The van der Waals surface area contributed by atoms with Gasteiger partial charge in [0.25, 0.3) is 0 Å². The van der Waals surface area contributed by atoms with Crippen LogP contribution in [0.5, 0.6) is 0 Å². The third-order valence-corrected chi connectivity index (χ3v) is 3.45. The van der Waals surface area contributed by atoms with E-state index in [-0.39, 0.29) is 11.4 Å². The number of hydrogen-bond donors (Lipinski definition) is 2. The predicted octanol–water partition coefficient (Wildman–Crippen LogP) is 2.80. The van der Waals surface area contributed by atoms with Gasteiger partial charge in [0.05, 0.1) is 0 Å². The normalized spacial score (nSPS) is 11.3. The molecule has 4 nitrogen and oxygen atoms in total. The van der Waals surface area contributed by atoms with Gasteiger partial charge in [-0.05, 0) is 44.5 Å². The van der Waals surface area contributed by atoms with Crippen molar-refractivity contribution in [2.75, 3.05) is 25.5 Å². The molecule has 0 atom stereocenters. The second-order valence-electron chi connectivity index (χ2n) is 6.22. The number of benzene rings is 1. The Balaban J connectivity index is 2.82. The minimum Gasteiger partial charge on any atom is -0.374 e. The van der Waals surface area contributed by atoms with Gasteiger partial charge in [0.15, 0.2) is 0 Å². The average molecular weight is 312 g/mol. The maximum atomic E-state index is 11.4. The molecule has 0 fully saturated rings. The van der Waals surface area contributed by atoms with Crippen LogP contribution < -0.4 is 15.5 Å². The van der Waals surface area contributed by atoms with Crippen LogP contribution in [0.15, 0.2) is 18.2 Å². The van der Waals surface area contributed by atoms with Gasteiger partial charge in [0, 0.05) is 49.9 Å². The number of halogens is 1. The van der Waals surface area contributed by atoms with Gasteiger partial charge in [-0.3, -0.25) is 4.79 Å². The first-order chi connectivity index (χ1) is 9.73. The average Bonchev–Trinajstić information content (AvgIpc) is 2.41. The summed E-state index contributed by atoms with van der Waals surface area (Å²) in [5, 5.41) is 6.84. The lowest BCUT2D eigenvalue weighted by atomic mass is 10.1.